The Kier molecular flexibility index (Phi) is 5.20. The molecule has 0 heterocycles. The van der Waals surface area contributed by atoms with Crippen LogP contribution >= 0.6 is 0 Å². The second-order valence-electron chi connectivity index (χ2n) is 3.77. The van der Waals surface area contributed by atoms with Gasteiger partial charge in [0.15, 0.2) is 5.84 Å². The zero-order valence-electron chi connectivity index (χ0n) is 10.2. The van der Waals surface area contributed by atoms with Crippen molar-refractivity contribution >= 4 is 11.8 Å². The lowest BCUT2D eigenvalue weighted by Gasteiger charge is -2.08. The van der Waals surface area contributed by atoms with Crippen LogP contribution in [0.2, 0.25) is 0 Å². The van der Waals surface area contributed by atoms with Crippen LogP contribution in [0, 0.1) is 5.92 Å². The van der Waals surface area contributed by atoms with Crippen LogP contribution in [0.5, 0.6) is 0 Å². The second kappa shape index (κ2) is 6.68. The standard InChI is InChI=1S/C13H18N2O2/c1-3-10(4-2)13(16)17-15-12(14)11-8-6-5-7-9-11/h5-10H,3-4H2,1-2H3,(H2,14,15). The lowest BCUT2D eigenvalue weighted by Crippen LogP contribution is -2.18. The molecule has 0 atom stereocenters. The molecule has 2 N–H and O–H groups in total. The van der Waals surface area contributed by atoms with Gasteiger partial charge in [-0.05, 0) is 12.8 Å². The van der Waals surface area contributed by atoms with Crippen LogP contribution in [0.1, 0.15) is 32.3 Å². The summed E-state index contributed by atoms with van der Waals surface area (Å²) in [6.45, 7) is 3.89. The largest absolute Gasteiger partial charge is 0.380 e. The second-order valence-corrected chi connectivity index (χ2v) is 3.77. The van der Waals surface area contributed by atoms with Crippen molar-refractivity contribution in [3.8, 4) is 0 Å². The zero-order chi connectivity index (χ0) is 12.7. The highest BCUT2D eigenvalue weighted by atomic mass is 16.7. The van der Waals surface area contributed by atoms with Crippen LogP contribution in [0.4, 0.5) is 0 Å². The molecule has 0 amide bonds. The third-order valence-electron chi connectivity index (χ3n) is 2.62. The van der Waals surface area contributed by atoms with E-state index in [0.717, 1.165) is 18.4 Å². The molecular formula is C13H18N2O2. The first-order chi connectivity index (χ1) is 8.19. The van der Waals surface area contributed by atoms with E-state index in [1.54, 1.807) is 0 Å². The van der Waals surface area contributed by atoms with Crippen LogP contribution in [-0.4, -0.2) is 11.8 Å². The van der Waals surface area contributed by atoms with Crippen molar-refractivity contribution < 1.29 is 9.63 Å². The molecule has 4 heteroatoms. The summed E-state index contributed by atoms with van der Waals surface area (Å²) < 4.78 is 0. The Morgan fingerprint density at radius 3 is 2.41 bits per heavy atom. The van der Waals surface area contributed by atoms with E-state index in [-0.39, 0.29) is 17.7 Å². The summed E-state index contributed by atoms with van der Waals surface area (Å²) in [4.78, 5) is 16.4. The monoisotopic (exact) mass is 234 g/mol. The average Bonchev–Trinajstić information content (AvgIpc) is 2.38. The molecule has 0 aliphatic carbocycles. The van der Waals surface area contributed by atoms with Crippen LogP contribution in [0.15, 0.2) is 35.5 Å². The number of carbonyl (C=O) groups excluding carboxylic acids is 1. The van der Waals surface area contributed by atoms with E-state index in [4.69, 9.17) is 10.6 Å². The van der Waals surface area contributed by atoms with E-state index in [9.17, 15) is 4.79 Å². The van der Waals surface area contributed by atoms with Crippen molar-refractivity contribution in [3.05, 3.63) is 35.9 Å². The van der Waals surface area contributed by atoms with Crippen molar-refractivity contribution in [2.75, 3.05) is 0 Å². The van der Waals surface area contributed by atoms with Gasteiger partial charge in [0.25, 0.3) is 0 Å². The zero-order valence-corrected chi connectivity index (χ0v) is 10.2. The SMILES string of the molecule is CCC(CC)C(=O)ON=C(N)c1ccccc1. The van der Waals surface area contributed by atoms with Gasteiger partial charge in [-0.25, -0.2) is 4.79 Å². The number of nitrogens with two attached hydrogens (primary N) is 1. The Balaban J connectivity index is 2.62. The van der Waals surface area contributed by atoms with E-state index in [1.807, 2.05) is 44.2 Å². The van der Waals surface area contributed by atoms with Gasteiger partial charge >= 0.3 is 5.97 Å². The Morgan fingerprint density at radius 1 is 1.29 bits per heavy atom. The maximum absolute atomic E-state index is 11.6. The number of nitrogens with zero attached hydrogens (tertiary/aromatic N) is 1. The van der Waals surface area contributed by atoms with Crippen molar-refractivity contribution in [1.82, 2.24) is 0 Å². The number of rotatable bonds is 5. The quantitative estimate of drug-likeness (QED) is 0.368. The topological polar surface area (TPSA) is 64.7 Å². The fourth-order valence-corrected chi connectivity index (χ4v) is 1.45. The summed E-state index contributed by atoms with van der Waals surface area (Å²) in [6, 6.07) is 9.20. The maximum atomic E-state index is 11.6. The Bertz CT molecular complexity index is 384. The van der Waals surface area contributed by atoms with Gasteiger partial charge in [-0.15, -0.1) is 0 Å². The maximum Gasteiger partial charge on any atom is 0.338 e. The number of benzene rings is 1. The molecule has 0 aliphatic rings. The number of carbonyl (C=O) groups is 1. The number of hydrogen-bond donors (Lipinski definition) is 1. The molecule has 0 radical (unpaired) electrons. The molecule has 92 valence electrons. The molecule has 1 aromatic rings. The Morgan fingerprint density at radius 2 is 1.88 bits per heavy atom. The summed E-state index contributed by atoms with van der Waals surface area (Å²) in [5.74, 6) is -0.221. The first kappa shape index (κ1) is 13.2. The minimum Gasteiger partial charge on any atom is -0.380 e. The first-order valence-electron chi connectivity index (χ1n) is 5.78. The summed E-state index contributed by atoms with van der Waals surface area (Å²) in [5, 5.41) is 3.66. The fraction of sp³-hybridized carbons (Fsp3) is 0.385. The smallest absolute Gasteiger partial charge is 0.338 e. The number of amidine groups is 1. The molecule has 0 saturated heterocycles. The average molecular weight is 234 g/mol. The fourth-order valence-electron chi connectivity index (χ4n) is 1.45. The van der Waals surface area contributed by atoms with Crippen LogP contribution < -0.4 is 5.73 Å². The number of oxime groups is 1. The lowest BCUT2D eigenvalue weighted by molar-refractivity contribution is -0.148. The van der Waals surface area contributed by atoms with Gasteiger partial charge in [0.2, 0.25) is 0 Å². The highest BCUT2D eigenvalue weighted by Crippen LogP contribution is 2.10. The van der Waals surface area contributed by atoms with Crippen molar-refractivity contribution in [3.63, 3.8) is 0 Å². The van der Waals surface area contributed by atoms with Gasteiger partial charge in [0.1, 0.15) is 0 Å². The molecule has 0 saturated carbocycles. The Hall–Kier alpha value is -1.84. The molecule has 1 aromatic carbocycles. The molecular weight excluding hydrogens is 216 g/mol. The summed E-state index contributed by atoms with van der Waals surface area (Å²) in [6.07, 6.45) is 1.49. The van der Waals surface area contributed by atoms with Crippen LogP contribution in [-0.2, 0) is 9.63 Å². The van der Waals surface area contributed by atoms with E-state index in [1.165, 1.54) is 0 Å². The Labute approximate surface area is 101 Å². The molecule has 17 heavy (non-hydrogen) atoms. The first-order valence-corrected chi connectivity index (χ1v) is 5.78. The predicted octanol–water partition coefficient (Wildman–Crippen LogP) is 2.29. The van der Waals surface area contributed by atoms with E-state index in [2.05, 4.69) is 5.16 Å². The molecule has 0 fully saturated rings. The third kappa shape index (κ3) is 3.90. The van der Waals surface area contributed by atoms with E-state index in [0.29, 0.717) is 0 Å². The van der Waals surface area contributed by atoms with Crippen molar-refractivity contribution in [2.24, 2.45) is 16.8 Å². The highest BCUT2D eigenvalue weighted by molar-refractivity contribution is 5.97. The minimum atomic E-state index is -0.325. The van der Waals surface area contributed by atoms with Gasteiger partial charge in [0, 0.05) is 5.56 Å². The molecule has 0 unspecified atom stereocenters. The van der Waals surface area contributed by atoms with Gasteiger partial charge in [0.05, 0.1) is 5.92 Å². The highest BCUT2D eigenvalue weighted by Gasteiger charge is 2.16. The molecule has 0 spiro atoms. The van der Waals surface area contributed by atoms with Gasteiger partial charge in [-0.3, -0.25) is 0 Å². The van der Waals surface area contributed by atoms with Gasteiger partial charge in [-0.1, -0.05) is 49.3 Å². The number of hydrogen-bond acceptors (Lipinski definition) is 3. The summed E-state index contributed by atoms with van der Waals surface area (Å²) in [7, 11) is 0. The van der Waals surface area contributed by atoms with Gasteiger partial charge in [-0.2, -0.15) is 0 Å². The predicted molar refractivity (Wildman–Crippen MR) is 67.3 cm³/mol. The van der Waals surface area contributed by atoms with Gasteiger partial charge < -0.3 is 10.6 Å². The third-order valence-corrected chi connectivity index (χ3v) is 2.62. The molecule has 1 rings (SSSR count). The summed E-state index contributed by atoms with van der Waals surface area (Å²) in [5.41, 5.74) is 6.44. The lowest BCUT2D eigenvalue weighted by atomic mass is 10.0. The normalized spacial score (nSPS) is 11.6. The molecule has 0 aromatic heterocycles. The molecule has 4 nitrogen and oxygen atoms in total. The van der Waals surface area contributed by atoms with Crippen molar-refractivity contribution in [2.45, 2.75) is 26.7 Å². The van der Waals surface area contributed by atoms with E-state index < -0.39 is 0 Å². The minimum absolute atomic E-state index is 0.109. The molecule has 0 bridgehead atoms. The molecule has 0 aliphatic heterocycles. The van der Waals surface area contributed by atoms with Crippen LogP contribution in [0.3, 0.4) is 0 Å². The van der Waals surface area contributed by atoms with E-state index >= 15 is 0 Å². The van der Waals surface area contributed by atoms with Crippen LogP contribution in [0.25, 0.3) is 0 Å². The van der Waals surface area contributed by atoms with Crippen molar-refractivity contribution in [1.29, 1.82) is 0 Å². The summed E-state index contributed by atoms with van der Waals surface area (Å²) >= 11 is 0.